The van der Waals surface area contributed by atoms with Gasteiger partial charge in [-0.2, -0.15) is 21.6 Å². The zero-order valence-corrected chi connectivity index (χ0v) is 21.6. The van der Waals surface area contributed by atoms with E-state index in [1.54, 1.807) is 0 Å². The molecule has 13 heteroatoms. The van der Waals surface area contributed by atoms with Crippen LogP contribution < -0.4 is 4.18 Å². The van der Waals surface area contributed by atoms with Gasteiger partial charge in [0.15, 0.2) is 9.84 Å². The minimum absolute atomic E-state index is 0.149. The molecule has 2 aliphatic heterocycles. The molecule has 0 saturated carbocycles. The highest BCUT2D eigenvalue weighted by atomic mass is 32.2. The molecule has 1 amide bonds. The Morgan fingerprint density at radius 3 is 2.38 bits per heavy atom. The molecule has 0 unspecified atom stereocenters. The van der Waals surface area contributed by atoms with Gasteiger partial charge in [-0.15, -0.1) is 0 Å². The first-order chi connectivity index (χ1) is 17.1. The number of fused-ring (bicyclic) bond motifs is 1. The van der Waals surface area contributed by atoms with Crippen molar-refractivity contribution in [3.05, 3.63) is 65.2 Å². The Morgan fingerprint density at radius 2 is 1.76 bits per heavy atom. The molecule has 0 aromatic heterocycles. The summed E-state index contributed by atoms with van der Waals surface area (Å²) in [5, 5.41) is 0. The number of carbonyl (C=O) groups is 1. The van der Waals surface area contributed by atoms with Crippen LogP contribution in [0.25, 0.3) is 0 Å². The molecule has 2 heterocycles. The van der Waals surface area contributed by atoms with E-state index in [4.69, 9.17) is 4.74 Å². The van der Waals surface area contributed by atoms with Crippen molar-refractivity contribution in [3.63, 3.8) is 0 Å². The van der Waals surface area contributed by atoms with Crippen molar-refractivity contribution in [1.29, 1.82) is 0 Å². The van der Waals surface area contributed by atoms with Crippen LogP contribution in [0.5, 0.6) is 5.75 Å². The summed E-state index contributed by atoms with van der Waals surface area (Å²) in [7, 11) is -9.33. The van der Waals surface area contributed by atoms with Crippen molar-refractivity contribution in [3.8, 4) is 5.75 Å². The minimum atomic E-state index is -5.81. The van der Waals surface area contributed by atoms with Crippen molar-refractivity contribution in [2.45, 2.75) is 50.4 Å². The number of hydrogen-bond donors (Lipinski definition) is 0. The Hall–Kier alpha value is -2.80. The van der Waals surface area contributed by atoms with Crippen LogP contribution >= 0.6 is 0 Å². The number of ether oxygens (including phenoxy) is 1. The van der Waals surface area contributed by atoms with Gasteiger partial charge in [0.25, 0.3) is 0 Å². The summed E-state index contributed by atoms with van der Waals surface area (Å²) in [6, 6.07) is 11.8. The summed E-state index contributed by atoms with van der Waals surface area (Å²) in [6.45, 7) is 4.29. The van der Waals surface area contributed by atoms with E-state index in [9.17, 15) is 34.8 Å². The fourth-order valence-corrected chi connectivity index (χ4v) is 7.13. The third-order valence-corrected chi connectivity index (χ3v) is 9.25. The molecule has 2 saturated heterocycles. The number of amides is 1. The molecule has 8 nitrogen and oxygen atoms in total. The standard InChI is InChI=1S/C24H26F3NO7S2/c1-15(2)18-5-3-4-17(11-18)12-28-21-14-36(30,31)13-19(22(21)34-23(28)29)10-16-6-8-20(9-7-16)35-37(32,33)24(25,26)27/h3-9,11,15,19,21-22H,10,12-14H2,1-2H3/t19-,21+,22+/m1/s1. The SMILES string of the molecule is CC(C)c1cccc(CN2C(=O)O[C@H]3[C@H](Cc4ccc(OS(=O)(=O)C(F)(F)F)cc4)CS(=O)(=O)C[C@@H]32)c1. The van der Waals surface area contributed by atoms with Crippen molar-refractivity contribution in [1.82, 2.24) is 4.90 Å². The molecule has 2 aliphatic rings. The van der Waals surface area contributed by atoms with Crippen LogP contribution in [0.1, 0.15) is 36.5 Å². The second-order valence-corrected chi connectivity index (χ2v) is 13.3. The highest BCUT2D eigenvalue weighted by Crippen LogP contribution is 2.35. The first-order valence-electron chi connectivity index (χ1n) is 11.5. The molecule has 0 radical (unpaired) electrons. The van der Waals surface area contributed by atoms with Crippen LogP contribution in [0.4, 0.5) is 18.0 Å². The van der Waals surface area contributed by atoms with E-state index in [1.165, 1.54) is 17.0 Å². The number of hydrogen-bond acceptors (Lipinski definition) is 7. The summed E-state index contributed by atoms with van der Waals surface area (Å²) in [6.07, 6.45) is -1.14. The van der Waals surface area contributed by atoms with Crippen LogP contribution in [0.2, 0.25) is 0 Å². The van der Waals surface area contributed by atoms with Crippen LogP contribution in [0.15, 0.2) is 48.5 Å². The Bertz CT molecular complexity index is 1370. The summed E-state index contributed by atoms with van der Waals surface area (Å²) in [5.41, 5.74) is -3.10. The third-order valence-electron chi connectivity index (χ3n) is 6.49. The Kier molecular flexibility index (Phi) is 7.23. The molecular formula is C24H26F3NO7S2. The predicted molar refractivity (Wildman–Crippen MR) is 128 cm³/mol. The second kappa shape index (κ2) is 9.82. The van der Waals surface area contributed by atoms with E-state index < -0.39 is 55.4 Å². The number of nitrogens with zero attached hydrogens (tertiary/aromatic N) is 1. The number of halogens is 3. The zero-order valence-electron chi connectivity index (χ0n) is 20.0. The van der Waals surface area contributed by atoms with E-state index in [2.05, 4.69) is 4.18 Å². The van der Waals surface area contributed by atoms with Crippen molar-refractivity contribution >= 4 is 26.0 Å². The topological polar surface area (TPSA) is 107 Å². The van der Waals surface area contributed by atoms with Gasteiger partial charge in [0, 0.05) is 12.5 Å². The van der Waals surface area contributed by atoms with Crippen LogP contribution in [0.3, 0.4) is 0 Å². The van der Waals surface area contributed by atoms with Gasteiger partial charge in [-0.25, -0.2) is 13.2 Å². The van der Waals surface area contributed by atoms with Gasteiger partial charge in [-0.05, 0) is 41.2 Å². The van der Waals surface area contributed by atoms with Gasteiger partial charge in [0.2, 0.25) is 0 Å². The third kappa shape index (κ3) is 6.03. The van der Waals surface area contributed by atoms with Gasteiger partial charge >= 0.3 is 21.7 Å². The van der Waals surface area contributed by atoms with Crippen LogP contribution in [-0.2, 0) is 37.7 Å². The molecule has 2 fully saturated rings. The maximum Gasteiger partial charge on any atom is 0.534 e. The van der Waals surface area contributed by atoms with Crippen LogP contribution in [-0.4, -0.2) is 57.0 Å². The summed E-state index contributed by atoms with van der Waals surface area (Å²) in [5.74, 6) is -1.30. The summed E-state index contributed by atoms with van der Waals surface area (Å²) < 4.78 is 95.3. The van der Waals surface area contributed by atoms with Gasteiger partial charge in [-0.1, -0.05) is 50.2 Å². The first-order valence-corrected chi connectivity index (χ1v) is 14.7. The van der Waals surface area contributed by atoms with E-state index in [0.29, 0.717) is 5.56 Å². The van der Waals surface area contributed by atoms with Gasteiger partial charge in [0.1, 0.15) is 11.9 Å². The highest BCUT2D eigenvalue weighted by Gasteiger charge is 2.52. The monoisotopic (exact) mass is 561 g/mol. The minimum Gasteiger partial charge on any atom is -0.444 e. The fraction of sp³-hybridized carbons (Fsp3) is 0.458. The number of rotatable bonds is 7. The first kappa shape index (κ1) is 27.2. The predicted octanol–water partition coefficient (Wildman–Crippen LogP) is 4.02. The number of benzene rings is 2. The molecule has 3 atom stereocenters. The Labute approximate surface area is 213 Å². The number of alkyl halides is 3. The van der Waals surface area contributed by atoms with Crippen molar-refractivity contribution in [2.75, 3.05) is 11.5 Å². The van der Waals surface area contributed by atoms with Crippen molar-refractivity contribution < 1.29 is 43.7 Å². The van der Waals surface area contributed by atoms with E-state index in [0.717, 1.165) is 23.3 Å². The zero-order chi connectivity index (χ0) is 27.2. The Morgan fingerprint density at radius 1 is 1.08 bits per heavy atom. The van der Waals surface area contributed by atoms with Gasteiger partial charge in [0.05, 0.1) is 17.5 Å². The molecule has 4 rings (SSSR count). The lowest BCUT2D eigenvalue weighted by Crippen LogP contribution is -2.51. The molecule has 2 aromatic carbocycles. The average molecular weight is 562 g/mol. The number of sulfone groups is 1. The van der Waals surface area contributed by atoms with E-state index in [-0.39, 0.29) is 30.4 Å². The molecular weight excluding hydrogens is 535 g/mol. The molecule has 0 N–H and O–H groups in total. The highest BCUT2D eigenvalue weighted by molar-refractivity contribution is 7.91. The van der Waals surface area contributed by atoms with Gasteiger partial charge in [-0.3, -0.25) is 4.90 Å². The lowest BCUT2D eigenvalue weighted by Gasteiger charge is -2.34. The lowest BCUT2D eigenvalue weighted by atomic mass is 9.91. The summed E-state index contributed by atoms with van der Waals surface area (Å²) in [4.78, 5) is 14.2. The molecule has 37 heavy (non-hydrogen) atoms. The molecule has 2 aromatic rings. The molecule has 202 valence electrons. The molecule has 0 bridgehead atoms. The van der Waals surface area contributed by atoms with Crippen LogP contribution in [0, 0.1) is 5.92 Å². The lowest BCUT2D eigenvalue weighted by molar-refractivity contribution is -0.0500. The van der Waals surface area contributed by atoms with E-state index >= 15 is 0 Å². The average Bonchev–Trinajstić information content (AvgIpc) is 3.08. The maximum absolute atomic E-state index is 12.8. The largest absolute Gasteiger partial charge is 0.534 e. The quantitative estimate of drug-likeness (QED) is 0.371. The van der Waals surface area contributed by atoms with Crippen molar-refractivity contribution in [2.24, 2.45) is 5.92 Å². The maximum atomic E-state index is 12.8. The Balaban J connectivity index is 1.51. The fourth-order valence-electron chi connectivity index (χ4n) is 4.68. The normalized spacial score (nSPS) is 23.6. The summed E-state index contributed by atoms with van der Waals surface area (Å²) >= 11 is 0. The van der Waals surface area contributed by atoms with E-state index in [1.807, 2.05) is 38.1 Å². The number of carbonyl (C=O) groups excluding carboxylic acids is 1. The smallest absolute Gasteiger partial charge is 0.444 e. The molecule has 0 spiro atoms. The second-order valence-electron chi connectivity index (χ2n) is 9.61. The van der Waals surface area contributed by atoms with Gasteiger partial charge < -0.3 is 8.92 Å². The molecule has 0 aliphatic carbocycles.